The normalized spacial score (nSPS) is 10.2. The second-order valence-corrected chi connectivity index (χ2v) is 7.69. The molecular weight excluding hydrogens is 392 g/mol. The minimum absolute atomic E-state index is 0.213. The maximum Gasteiger partial charge on any atom is 0.279 e. The van der Waals surface area contributed by atoms with Crippen LogP contribution in [-0.2, 0) is 4.79 Å². The average Bonchev–Trinajstić information content (AvgIpc) is 2.99. The number of nitrogens with one attached hydrogen (secondary N) is 2. The Labute approximate surface area is 153 Å². The Morgan fingerprint density at radius 3 is 2.71 bits per heavy atom. The molecule has 1 aromatic carbocycles. The van der Waals surface area contributed by atoms with Crippen molar-refractivity contribution in [3.8, 4) is 5.75 Å². The van der Waals surface area contributed by atoms with Gasteiger partial charge in [0.25, 0.3) is 5.91 Å². The van der Waals surface area contributed by atoms with Crippen molar-refractivity contribution in [2.75, 3.05) is 6.61 Å². The fourth-order valence-electron chi connectivity index (χ4n) is 1.97. The molecule has 0 aliphatic rings. The van der Waals surface area contributed by atoms with Crippen LogP contribution >= 0.6 is 27.3 Å². The monoisotopic (exact) mass is 410 g/mol. The minimum atomic E-state index is -0.318. The van der Waals surface area contributed by atoms with Gasteiger partial charge in [0.15, 0.2) is 0 Å². The lowest BCUT2D eigenvalue weighted by molar-refractivity contribution is -0.122. The number of hydrogen-bond donors (Lipinski definition) is 2. The van der Waals surface area contributed by atoms with Crippen LogP contribution in [0.2, 0.25) is 0 Å². The molecule has 0 saturated heterocycles. The molecule has 24 heavy (non-hydrogen) atoms. The van der Waals surface area contributed by atoms with Crippen molar-refractivity contribution in [2.24, 2.45) is 0 Å². The Hall–Kier alpha value is -1.86. The molecule has 0 fully saturated rings. The number of carbonyl (C=O) groups is 2. The van der Waals surface area contributed by atoms with Crippen LogP contribution < -0.4 is 15.6 Å². The first-order valence-corrected chi connectivity index (χ1v) is 9.19. The first kappa shape index (κ1) is 18.5. The summed E-state index contributed by atoms with van der Waals surface area (Å²) >= 11 is 4.60. The van der Waals surface area contributed by atoms with Crippen LogP contribution in [0.3, 0.4) is 0 Å². The summed E-state index contributed by atoms with van der Waals surface area (Å²) < 4.78 is 6.49. The molecule has 2 amide bonds. The van der Waals surface area contributed by atoms with Gasteiger partial charge in [0, 0.05) is 6.42 Å². The van der Waals surface area contributed by atoms with Gasteiger partial charge in [0.2, 0.25) is 5.91 Å². The van der Waals surface area contributed by atoms with Crippen molar-refractivity contribution in [2.45, 2.75) is 26.2 Å². The largest absolute Gasteiger partial charge is 0.494 e. The molecule has 2 rings (SSSR count). The zero-order valence-corrected chi connectivity index (χ0v) is 15.7. The number of unbranched alkanes of at least 4 members (excludes halogenated alkanes) is 1. The van der Waals surface area contributed by atoms with Crippen LogP contribution in [0.5, 0.6) is 5.75 Å². The number of carbonyl (C=O) groups excluding carboxylic acids is 2. The van der Waals surface area contributed by atoms with Crippen molar-refractivity contribution >= 4 is 39.1 Å². The summed E-state index contributed by atoms with van der Waals surface area (Å²) in [6.45, 7) is 2.58. The molecule has 0 radical (unpaired) electrons. The van der Waals surface area contributed by atoms with Gasteiger partial charge in [-0.25, -0.2) is 0 Å². The van der Waals surface area contributed by atoms with E-state index in [0.717, 1.165) is 21.5 Å². The molecule has 0 aliphatic heterocycles. The summed E-state index contributed by atoms with van der Waals surface area (Å²) in [6, 6.07) is 11.3. The van der Waals surface area contributed by atoms with Crippen LogP contribution in [0.4, 0.5) is 0 Å². The SMILES string of the molecule is Cc1cccc(OCCCCC(=O)NNC(=O)c2ccc(Br)s2)c1. The van der Waals surface area contributed by atoms with Gasteiger partial charge in [-0.2, -0.15) is 0 Å². The molecule has 0 aliphatic carbocycles. The standard InChI is InChI=1S/C17H19BrN2O3S/c1-12-5-4-6-13(11-12)23-10-3-2-7-16(21)19-20-17(22)14-8-9-15(18)24-14/h4-6,8-9,11H,2-3,7,10H2,1H3,(H,19,21)(H,20,22). The van der Waals surface area contributed by atoms with Gasteiger partial charge >= 0.3 is 0 Å². The lowest BCUT2D eigenvalue weighted by atomic mass is 10.2. The van der Waals surface area contributed by atoms with Gasteiger partial charge in [0.05, 0.1) is 15.3 Å². The number of amides is 2. The Bertz CT molecular complexity index is 703. The third-order valence-corrected chi connectivity index (χ3v) is 4.79. The van der Waals surface area contributed by atoms with Crippen LogP contribution in [-0.4, -0.2) is 18.4 Å². The highest BCUT2D eigenvalue weighted by Crippen LogP contribution is 2.21. The highest BCUT2D eigenvalue weighted by molar-refractivity contribution is 9.11. The predicted octanol–water partition coefficient (Wildman–Crippen LogP) is 3.83. The van der Waals surface area contributed by atoms with Crippen molar-refractivity contribution < 1.29 is 14.3 Å². The van der Waals surface area contributed by atoms with Crippen molar-refractivity contribution in [1.82, 2.24) is 10.9 Å². The average molecular weight is 411 g/mol. The first-order valence-electron chi connectivity index (χ1n) is 7.58. The fourth-order valence-corrected chi connectivity index (χ4v) is 3.25. The second kappa shape index (κ2) is 9.44. The van der Waals surface area contributed by atoms with E-state index in [1.54, 1.807) is 12.1 Å². The lowest BCUT2D eigenvalue weighted by Gasteiger charge is -2.08. The molecular formula is C17H19BrN2O3S. The van der Waals surface area contributed by atoms with E-state index in [0.29, 0.717) is 24.3 Å². The quantitative estimate of drug-likeness (QED) is 0.538. The van der Waals surface area contributed by atoms with Crippen LogP contribution in [0.15, 0.2) is 40.2 Å². The molecule has 1 heterocycles. The van der Waals surface area contributed by atoms with E-state index in [9.17, 15) is 9.59 Å². The van der Waals surface area contributed by atoms with E-state index < -0.39 is 0 Å². The topological polar surface area (TPSA) is 67.4 Å². The zero-order chi connectivity index (χ0) is 17.4. The smallest absolute Gasteiger partial charge is 0.279 e. The molecule has 0 bridgehead atoms. The van der Waals surface area contributed by atoms with Crippen LogP contribution in [0, 0.1) is 6.92 Å². The van der Waals surface area contributed by atoms with Crippen molar-refractivity contribution in [3.05, 3.63) is 50.6 Å². The lowest BCUT2D eigenvalue weighted by Crippen LogP contribution is -2.41. The number of hydrogen-bond acceptors (Lipinski definition) is 4. The summed E-state index contributed by atoms with van der Waals surface area (Å²) in [5.74, 6) is 0.310. The molecule has 7 heteroatoms. The molecule has 0 spiro atoms. The van der Waals surface area contributed by atoms with Gasteiger partial charge in [0.1, 0.15) is 5.75 Å². The van der Waals surface area contributed by atoms with Gasteiger partial charge in [-0.3, -0.25) is 20.4 Å². The minimum Gasteiger partial charge on any atom is -0.494 e. The third-order valence-electron chi connectivity index (χ3n) is 3.17. The molecule has 0 atom stereocenters. The number of benzene rings is 1. The molecule has 5 nitrogen and oxygen atoms in total. The molecule has 2 N–H and O–H groups in total. The van der Waals surface area contributed by atoms with E-state index in [1.807, 2.05) is 31.2 Å². The summed E-state index contributed by atoms with van der Waals surface area (Å²) in [5.41, 5.74) is 5.98. The van der Waals surface area contributed by atoms with Gasteiger partial charge in [-0.15, -0.1) is 11.3 Å². The fraction of sp³-hybridized carbons (Fsp3) is 0.294. The zero-order valence-electron chi connectivity index (χ0n) is 13.3. The summed E-state index contributed by atoms with van der Waals surface area (Å²) in [6.07, 6.45) is 1.80. The molecule has 0 unspecified atom stereocenters. The Kier molecular flexibility index (Phi) is 7.27. The molecule has 128 valence electrons. The van der Waals surface area contributed by atoms with Gasteiger partial charge < -0.3 is 4.74 Å². The van der Waals surface area contributed by atoms with E-state index in [-0.39, 0.29) is 11.8 Å². The first-order chi connectivity index (χ1) is 11.5. The summed E-state index contributed by atoms with van der Waals surface area (Å²) in [7, 11) is 0. The number of rotatable bonds is 7. The van der Waals surface area contributed by atoms with E-state index in [2.05, 4.69) is 26.8 Å². The van der Waals surface area contributed by atoms with Crippen molar-refractivity contribution in [1.29, 1.82) is 0 Å². The number of thiophene rings is 1. The van der Waals surface area contributed by atoms with E-state index in [1.165, 1.54) is 11.3 Å². The van der Waals surface area contributed by atoms with Crippen LogP contribution in [0.1, 0.15) is 34.5 Å². The highest BCUT2D eigenvalue weighted by Gasteiger charge is 2.09. The van der Waals surface area contributed by atoms with E-state index in [4.69, 9.17) is 4.74 Å². The third kappa shape index (κ3) is 6.33. The van der Waals surface area contributed by atoms with Crippen molar-refractivity contribution in [3.63, 3.8) is 0 Å². The maximum absolute atomic E-state index is 11.8. The Morgan fingerprint density at radius 1 is 1.17 bits per heavy atom. The summed E-state index contributed by atoms with van der Waals surface area (Å²) in [5, 5.41) is 0. The molecule has 1 aromatic heterocycles. The number of ether oxygens (including phenoxy) is 1. The van der Waals surface area contributed by atoms with Gasteiger partial charge in [-0.1, -0.05) is 12.1 Å². The summed E-state index contributed by atoms with van der Waals surface area (Å²) in [4.78, 5) is 24.0. The predicted molar refractivity (Wildman–Crippen MR) is 98.2 cm³/mol. The molecule has 0 saturated carbocycles. The highest BCUT2D eigenvalue weighted by atomic mass is 79.9. The Morgan fingerprint density at radius 2 is 2.00 bits per heavy atom. The van der Waals surface area contributed by atoms with E-state index >= 15 is 0 Å². The molecule has 2 aromatic rings. The number of halogens is 1. The second-order valence-electron chi connectivity index (χ2n) is 5.23. The van der Waals surface area contributed by atoms with Crippen LogP contribution in [0.25, 0.3) is 0 Å². The number of aryl methyl sites for hydroxylation is 1. The van der Waals surface area contributed by atoms with Gasteiger partial charge in [-0.05, 0) is 65.5 Å². The Balaban J connectivity index is 1.57. The number of hydrazine groups is 1. The maximum atomic E-state index is 11.8.